The predicted molar refractivity (Wildman–Crippen MR) is 126 cm³/mol. The highest BCUT2D eigenvalue weighted by Gasteiger charge is 2.18. The number of benzene rings is 3. The number of imidazole rings is 1. The van der Waals surface area contributed by atoms with Gasteiger partial charge in [0.1, 0.15) is 5.82 Å². The minimum absolute atomic E-state index is 0.650. The Balaban J connectivity index is 1.94. The summed E-state index contributed by atoms with van der Waals surface area (Å²) in [4.78, 5) is 16.4. The Bertz CT molecular complexity index is 1220. The summed E-state index contributed by atoms with van der Waals surface area (Å²) in [5.74, 6) is 0.0186. The van der Waals surface area contributed by atoms with E-state index in [0.29, 0.717) is 6.54 Å². The van der Waals surface area contributed by atoms with Crippen LogP contribution in [0.2, 0.25) is 0 Å². The summed E-state index contributed by atoms with van der Waals surface area (Å²) in [5.41, 5.74) is 3.84. The molecule has 4 aromatic rings. The van der Waals surface area contributed by atoms with E-state index >= 15 is 0 Å². The zero-order valence-electron chi connectivity index (χ0n) is 17.7. The number of nitrogens with zero attached hydrogens (tertiary/aromatic N) is 2. The fourth-order valence-corrected chi connectivity index (χ4v) is 3.93. The van der Waals surface area contributed by atoms with Crippen molar-refractivity contribution in [3.8, 4) is 11.3 Å². The third-order valence-electron chi connectivity index (χ3n) is 5.45. The fraction of sp³-hybridized carbons (Fsp3) is 0.185. The molecule has 1 N–H and O–H groups in total. The Hall–Kier alpha value is -3.66. The van der Waals surface area contributed by atoms with Gasteiger partial charge in [-0.15, -0.1) is 0 Å². The Morgan fingerprint density at radius 3 is 2.52 bits per heavy atom. The van der Waals surface area contributed by atoms with Gasteiger partial charge in [-0.05, 0) is 28.8 Å². The molecule has 0 saturated heterocycles. The Labute approximate surface area is 182 Å². The molecule has 0 radical (unpaired) electrons. The van der Waals surface area contributed by atoms with E-state index in [9.17, 15) is 9.90 Å². The van der Waals surface area contributed by atoms with Crippen LogP contribution >= 0.6 is 0 Å². The van der Waals surface area contributed by atoms with E-state index in [2.05, 4.69) is 47.9 Å². The minimum atomic E-state index is -0.966. The third kappa shape index (κ3) is 4.58. The van der Waals surface area contributed by atoms with Crippen molar-refractivity contribution in [3.63, 3.8) is 0 Å². The average Bonchev–Trinajstić information content (AvgIpc) is 3.13. The highest BCUT2D eigenvalue weighted by molar-refractivity contribution is 5.98. The Morgan fingerprint density at radius 1 is 1.00 bits per heavy atom. The summed E-state index contributed by atoms with van der Waals surface area (Å²) in [6.45, 7) is 2.82. The molecule has 0 aliphatic heterocycles. The van der Waals surface area contributed by atoms with Gasteiger partial charge in [0.15, 0.2) is 0 Å². The first-order valence-electron chi connectivity index (χ1n) is 10.7. The van der Waals surface area contributed by atoms with Gasteiger partial charge in [-0.1, -0.05) is 86.1 Å². The second-order valence-corrected chi connectivity index (χ2v) is 7.64. The van der Waals surface area contributed by atoms with E-state index in [-0.39, 0.29) is 0 Å². The zero-order chi connectivity index (χ0) is 21.6. The smallest absolute Gasteiger partial charge is 0.328 e. The van der Waals surface area contributed by atoms with Crippen LogP contribution in [0.25, 0.3) is 28.1 Å². The highest BCUT2D eigenvalue weighted by atomic mass is 16.4. The lowest BCUT2D eigenvalue weighted by atomic mass is 10.0. The van der Waals surface area contributed by atoms with Crippen LogP contribution in [0.15, 0.2) is 78.9 Å². The van der Waals surface area contributed by atoms with Crippen LogP contribution in [0.4, 0.5) is 0 Å². The predicted octanol–water partition coefficient (Wildman–Crippen LogP) is 6.19. The molecule has 0 spiro atoms. The number of hydrogen-bond donors (Lipinski definition) is 1. The Morgan fingerprint density at radius 2 is 1.74 bits per heavy atom. The lowest BCUT2D eigenvalue weighted by molar-refractivity contribution is -0.131. The summed E-state index contributed by atoms with van der Waals surface area (Å²) < 4.78 is 2.17. The van der Waals surface area contributed by atoms with Gasteiger partial charge in [0.25, 0.3) is 0 Å². The minimum Gasteiger partial charge on any atom is -0.478 e. The van der Waals surface area contributed by atoms with Gasteiger partial charge < -0.3 is 9.67 Å². The van der Waals surface area contributed by atoms with Crippen molar-refractivity contribution in [2.45, 2.75) is 32.7 Å². The standard InChI is InChI=1S/C27H26N2O2/c1-2-3-16-25-28-27(23-15-9-13-21-12-7-8-14-22(21)23)24(17-18-26(30)31)29(25)19-20-10-5-4-6-11-20/h4-15,17-18H,2-3,16,19H2,1H3,(H,30,31). The lowest BCUT2D eigenvalue weighted by Gasteiger charge is -2.11. The topological polar surface area (TPSA) is 55.1 Å². The SMILES string of the molecule is CCCCc1nc(-c2cccc3ccccc23)c(C=CC(=O)O)n1Cc1ccccc1. The van der Waals surface area contributed by atoms with Crippen molar-refractivity contribution in [1.82, 2.24) is 9.55 Å². The van der Waals surface area contributed by atoms with Crippen molar-refractivity contribution < 1.29 is 9.90 Å². The largest absolute Gasteiger partial charge is 0.478 e. The molecule has 1 aromatic heterocycles. The van der Waals surface area contributed by atoms with Crippen LogP contribution in [-0.2, 0) is 17.8 Å². The molecule has 4 nitrogen and oxygen atoms in total. The van der Waals surface area contributed by atoms with Crippen molar-refractivity contribution in [1.29, 1.82) is 0 Å². The van der Waals surface area contributed by atoms with Crippen molar-refractivity contribution in [2.24, 2.45) is 0 Å². The van der Waals surface area contributed by atoms with Crippen LogP contribution in [0, 0.1) is 0 Å². The van der Waals surface area contributed by atoms with Crippen molar-refractivity contribution >= 4 is 22.8 Å². The maximum absolute atomic E-state index is 11.4. The van der Waals surface area contributed by atoms with Crippen LogP contribution in [-0.4, -0.2) is 20.6 Å². The molecule has 4 heteroatoms. The molecular weight excluding hydrogens is 384 g/mol. The normalized spacial score (nSPS) is 11.4. The first-order valence-corrected chi connectivity index (χ1v) is 10.7. The molecule has 0 aliphatic rings. The van der Waals surface area contributed by atoms with Gasteiger partial charge in [0.05, 0.1) is 11.4 Å². The number of carboxylic acids is 1. The molecule has 31 heavy (non-hydrogen) atoms. The summed E-state index contributed by atoms with van der Waals surface area (Å²) in [6, 6.07) is 24.7. The number of hydrogen-bond acceptors (Lipinski definition) is 2. The summed E-state index contributed by atoms with van der Waals surface area (Å²) in [6.07, 6.45) is 5.84. The van der Waals surface area contributed by atoms with Gasteiger partial charge >= 0.3 is 5.97 Å². The first-order chi connectivity index (χ1) is 15.2. The van der Waals surface area contributed by atoms with Crippen molar-refractivity contribution in [2.75, 3.05) is 0 Å². The number of aliphatic carboxylic acids is 1. The Kier molecular flexibility index (Phi) is 6.27. The summed E-state index contributed by atoms with van der Waals surface area (Å²) in [7, 11) is 0. The van der Waals surface area contributed by atoms with E-state index in [1.165, 1.54) is 6.08 Å². The molecular formula is C27H26N2O2. The van der Waals surface area contributed by atoms with Gasteiger partial charge in [-0.25, -0.2) is 9.78 Å². The number of rotatable bonds is 8. The average molecular weight is 411 g/mol. The summed E-state index contributed by atoms with van der Waals surface area (Å²) >= 11 is 0. The van der Waals surface area contributed by atoms with Gasteiger partial charge in [-0.2, -0.15) is 0 Å². The molecule has 0 atom stereocenters. The maximum atomic E-state index is 11.4. The maximum Gasteiger partial charge on any atom is 0.328 e. The molecule has 1 heterocycles. The molecule has 0 aliphatic carbocycles. The van der Waals surface area contributed by atoms with E-state index in [0.717, 1.165) is 58.4 Å². The van der Waals surface area contributed by atoms with Gasteiger partial charge in [-0.3, -0.25) is 0 Å². The van der Waals surface area contributed by atoms with E-state index < -0.39 is 5.97 Å². The molecule has 4 rings (SSSR count). The first kappa shape index (κ1) is 20.6. The van der Waals surface area contributed by atoms with E-state index in [1.807, 2.05) is 36.4 Å². The van der Waals surface area contributed by atoms with Crippen LogP contribution in [0.1, 0.15) is 36.8 Å². The molecule has 3 aromatic carbocycles. The van der Waals surface area contributed by atoms with Gasteiger partial charge in [0.2, 0.25) is 0 Å². The lowest BCUT2D eigenvalue weighted by Crippen LogP contribution is -2.07. The highest BCUT2D eigenvalue weighted by Crippen LogP contribution is 2.32. The molecule has 156 valence electrons. The van der Waals surface area contributed by atoms with E-state index in [4.69, 9.17) is 4.98 Å². The molecule has 0 saturated carbocycles. The van der Waals surface area contributed by atoms with Crippen LogP contribution in [0.3, 0.4) is 0 Å². The number of aromatic nitrogens is 2. The van der Waals surface area contributed by atoms with E-state index in [1.54, 1.807) is 6.08 Å². The number of carbonyl (C=O) groups is 1. The molecule has 0 amide bonds. The number of unbranched alkanes of at least 4 members (excludes halogenated alkanes) is 1. The number of carboxylic acid groups (broad SMARTS) is 1. The second-order valence-electron chi connectivity index (χ2n) is 7.64. The monoisotopic (exact) mass is 410 g/mol. The van der Waals surface area contributed by atoms with Crippen LogP contribution in [0.5, 0.6) is 0 Å². The quantitative estimate of drug-likeness (QED) is 0.352. The third-order valence-corrected chi connectivity index (χ3v) is 5.45. The second kappa shape index (κ2) is 9.43. The fourth-order valence-electron chi connectivity index (χ4n) is 3.93. The molecule has 0 fully saturated rings. The van der Waals surface area contributed by atoms with Crippen molar-refractivity contribution in [3.05, 3.63) is 96.0 Å². The number of aryl methyl sites for hydroxylation is 1. The molecule has 0 bridgehead atoms. The zero-order valence-corrected chi connectivity index (χ0v) is 17.7. The van der Waals surface area contributed by atoms with Gasteiger partial charge in [0, 0.05) is 24.6 Å². The number of fused-ring (bicyclic) bond motifs is 1. The van der Waals surface area contributed by atoms with Crippen LogP contribution < -0.4 is 0 Å². The summed E-state index contributed by atoms with van der Waals surface area (Å²) in [5, 5.41) is 11.6. The molecule has 0 unspecified atom stereocenters.